The number of aromatic nitrogens is 2. The Kier molecular flexibility index (Phi) is 3.39. The summed E-state index contributed by atoms with van der Waals surface area (Å²) in [5, 5.41) is 14.1. The highest BCUT2D eigenvalue weighted by atomic mass is 16.4. The monoisotopic (exact) mass is 232 g/mol. The van der Waals surface area contributed by atoms with E-state index in [4.69, 9.17) is 4.42 Å². The summed E-state index contributed by atoms with van der Waals surface area (Å²) in [6, 6.07) is 8.41. The normalized spacial score (nSPS) is 12.4. The molecule has 0 amide bonds. The first-order valence-corrected chi connectivity index (χ1v) is 5.54. The Labute approximate surface area is 100 Å². The van der Waals surface area contributed by atoms with Crippen molar-refractivity contribution in [3.63, 3.8) is 0 Å². The van der Waals surface area contributed by atoms with E-state index in [9.17, 15) is 0 Å². The van der Waals surface area contributed by atoms with Gasteiger partial charge in [-0.15, -0.1) is 5.10 Å². The Bertz CT molecular complexity index is 495. The SMILES string of the molecule is CNC(C)c1nnc(Nc2ccccc2C)o1. The van der Waals surface area contributed by atoms with Crippen LogP contribution in [-0.4, -0.2) is 17.2 Å². The van der Waals surface area contributed by atoms with Gasteiger partial charge in [0.15, 0.2) is 0 Å². The van der Waals surface area contributed by atoms with Crippen LogP contribution in [0.3, 0.4) is 0 Å². The molecule has 1 aromatic heterocycles. The molecule has 1 aromatic carbocycles. The average Bonchev–Trinajstić information content (AvgIpc) is 2.80. The summed E-state index contributed by atoms with van der Waals surface area (Å²) in [5.41, 5.74) is 2.11. The summed E-state index contributed by atoms with van der Waals surface area (Å²) in [6.07, 6.45) is 0. The molecule has 0 aliphatic carbocycles. The van der Waals surface area contributed by atoms with Crippen molar-refractivity contribution in [3.05, 3.63) is 35.7 Å². The van der Waals surface area contributed by atoms with Crippen LogP contribution in [0.25, 0.3) is 0 Å². The minimum absolute atomic E-state index is 0.0509. The van der Waals surface area contributed by atoms with E-state index in [1.165, 1.54) is 0 Å². The molecular formula is C12H16N4O. The van der Waals surface area contributed by atoms with Gasteiger partial charge in [-0.25, -0.2) is 0 Å². The second kappa shape index (κ2) is 4.97. The number of nitrogens with one attached hydrogen (secondary N) is 2. The quantitative estimate of drug-likeness (QED) is 0.847. The minimum Gasteiger partial charge on any atom is -0.406 e. The van der Waals surface area contributed by atoms with Crippen molar-refractivity contribution in [2.24, 2.45) is 0 Å². The van der Waals surface area contributed by atoms with E-state index in [-0.39, 0.29) is 6.04 Å². The van der Waals surface area contributed by atoms with Crippen LogP contribution >= 0.6 is 0 Å². The van der Waals surface area contributed by atoms with Crippen molar-refractivity contribution < 1.29 is 4.42 Å². The van der Waals surface area contributed by atoms with Gasteiger partial charge in [0.25, 0.3) is 0 Å². The van der Waals surface area contributed by atoms with E-state index < -0.39 is 0 Å². The number of benzene rings is 1. The molecule has 90 valence electrons. The zero-order valence-electron chi connectivity index (χ0n) is 10.2. The van der Waals surface area contributed by atoms with Crippen molar-refractivity contribution in [1.82, 2.24) is 15.5 Å². The molecular weight excluding hydrogens is 216 g/mol. The number of rotatable bonds is 4. The summed E-state index contributed by atoms with van der Waals surface area (Å²) in [7, 11) is 1.85. The van der Waals surface area contributed by atoms with Crippen LogP contribution in [0.5, 0.6) is 0 Å². The predicted molar refractivity (Wildman–Crippen MR) is 66.2 cm³/mol. The highest BCUT2D eigenvalue weighted by Gasteiger charge is 2.12. The number of aryl methyl sites for hydroxylation is 1. The summed E-state index contributed by atoms with van der Waals surface area (Å²) in [4.78, 5) is 0. The molecule has 1 unspecified atom stereocenters. The number of nitrogens with zero attached hydrogens (tertiary/aromatic N) is 2. The van der Waals surface area contributed by atoms with Crippen molar-refractivity contribution >= 4 is 11.7 Å². The van der Waals surface area contributed by atoms with Crippen molar-refractivity contribution in [3.8, 4) is 0 Å². The van der Waals surface area contributed by atoms with Gasteiger partial charge in [-0.1, -0.05) is 23.3 Å². The maximum absolute atomic E-state index is 5.50. The van der Waals surface area contributed by atoms with Gasteiger partial charge in [-0.2, -0.15) is 0 Å². The van der Waals surface area contributed by atoms with E-state index in [1.807, 2.05) is 45.2 Å². The summed E-state index contributed by atoms with van der Waals surface area (Å²) >= 11 is 0. The van der Waals surface area contributed by atoms with Crippen LogP contribution in [-0.2, 0) is 0 Å². The molecule has 5 heteroatoms. The Morgan fingerprint density at radius 2 is 2.00 bits per heavy atom. The van der Waals surface area contributed by atoms with Gasteiger partial charge in [0, 0.05) is 5.69 Å². The molecule has 0 fully saturated rings. The Morgan fingerprint density at radius 1 is 1.24 bits per heavy atom. The summed E-state index contributed by atoms with van der Waals surface area (Å²) in [5.74, 6) is 0.573. The van der Waals surface area contributed by atoms with E-state index >= 15 is 0 Å². The zero-order chi connectivity index (χ0) is 12.3. The van der Waals surface area contributed by atoms with Gasteiger partial charge in [-0.05, 0) is 32.5 Å². The van der Waals surface area contributed by atoms with Gasteiger partial charge in [0.05, 0.1) is 6.04 Å². The van der Waals surface area contributed by atoms with Crippen LogP contribution in [0, 0.1) is 6.92 Å². The first-order chi connectivity index (χ1) is 8.20. The van der Waals surface area contributed by atoms with E-state index in [1.54, 1.807) is 0 Å². The molecule has 0 aliphatic rings. The van der Waals surface area contributed by atoms with Crippen molar-refractivity contribution in [1.29, 1.82) is 0 Å². The lowest BCUT2D eigenvalue weighted by molar-refractivity contribution is 0.443. The van der Waals surface area contributed by atoms with Crippen LogP contribution in [0.2, 0.25) is 0 Å². The molecule has 1 atom stereocenters. The summed E-state index contributed by atoms with van der Waals surface area (Å²) < 4.78 is 5.50. The molecule has 17 heavy (non-hydrogen) atoms. The molecule has 2 N–H and O–H groups in total. The predicted octanol–water partition coefficient (Wildman–Crippen LogP) is 2.40. The maximum atomic E-state index is 5.50. The highest BCUT2D eigenvalue weighted by Crippen LogP contribution is 2.20. The number of hydrogen-bond acceptors (Lipinski definition) is 5. The minimum atomic E-state index is 0.0509. The topological polar surface area (TPSA) is 63.0 Å². The summed E-state index contributed by atoms with van der Waals surface area (Å²) in [6.45, 7) is 3.99. The fourth-order valence-corrected chi connectivity index (χ4v) is 1.41. The lowest BCUT2D eigenvalue weighted by Crippen LogP contribution is -2.12. The molecule has 2 rings (SSSR count). The first kappa shape index (κ1) is 11.6. The van der Waals surface area contributed by atoms with E-state index in [0.29, 0.717) is 11.9 Å². The fraction of sp³-hybridized carbons (Fsp3) is 0.333. The number of para-hydroxylation sites is 1. The molecule has 0 spiro atoms. The van der Waals surface area contributed by atoms with Crippen LogP contribution in [0.15, 0.2) is 28.7 Å². The molecule has 1 heterocycles. The third-order valence-corrected chi connectivity index (χ3v) is 2.63. The fourth-order valence-electron chi connectivity index (χ4n) is 1.41. The first-order valence-electron chi connectivity index (χ1n) is 5.54. The van der Waals surface area contributed by atoms with Crippen molar-refractivity contribution in [2.45, 2.75) is 19.9 Å². The Hall–Kier alpha value is -1.88. The third-order valence-electron chi connectivity index (χ3n) is 2.63. The lowest BCUT2D eigenvalue weighted by atomic mass is 10.2. The van der Waals surface area contributed by atoms with Crippen molar-refractivity contribution in [2.75, 3.05) is 12.4 Å². The van der Waals surface area contributed by atoms with E-state index in [2.05, 4.69) is 20.8 Å². The third kappa shape index (κ3) is 2.62. The molecule has 0 saturated heterocycles. The van der Waals surface area contributed by atoms with Gasteiger partial charge >= 0.3 is 6.01 Å². The standard InChI is InChI=1S/C12H16N4O/c1-8-6-4-5-7-10(8)14-12-16-15-11(17-12)9(2)13-3/h4-7,9,13H,1-3H3,(H,14,16). The Morgan fingerprint density at radius 3 is 2.71 bits per heavy atom. The number of anilines is 2. The van der Waals surface area contributed by atoms with Gasteiger partial charge in [0.2, 0.25) is 5.89 Å². The largest absolute Gasteiger partial charge is 0.406 e. The highest BCUT2D eigenvalue weighted by molar-refractivity contribution is 5.56. The lowest BCUT2D eigenvalue weighted by Gasteiger charge is -2.05. The molecule has 0 bridgehead atoms. The molecule has 0 saturated carbocycles. The maximum Gasteiger partial charge on any atom is 0.320 e. The smallest absolute Gasteiger partial charge is 0.320 e. The second-order valence-corrected chi connectivity index (χ2v) is 3.90. The van der Waals surface area contributed by atoms with Crippen LogP contribution < -0.4 is 10.6 Å². The molecule has 2 aromatic rings. The molecule has 0 radical (unpaired) electrons. The zero-order valence-corrected chi connectivity index (χ0v) is 10.2. The van der Waals surface area contributed by atoms with Gasteiger partial charge in [0.1, 0.15) is 0 Å². The van der Waals surface area contributed by atoms with E-state index in [0.717, 1.165) is 11.3 Å². The number of hydrogen-bond donors (Lipinski definition) is 2. The second-order valence-electron chi connectivity index (χ2n) is 3.90. The van der Waals surface area contributed by atoms with Gasteiger partial charge < -0.3 is 15.1 Å². The Balaban J connectivity index is 2.14. The van der Waals surface area contributed by atoms with Gasteiger partial charge in [-0.3, -0.25) is 0 Å². The molecule has 0 aliphatic heterocycles. The average molecular weight is 232 g/mol. The van der Waals surface area contributed by atoms with Crippen LogP contribution in [0.4, 0.5) is 11.7 Å². The van der Waals surface area contributed by atoms with Crippen LogP contribution in [0.1, 0.15) is 24.4 Å². The molecule has 5 nitrogen and oxygen atoms in total.